The first-order valence-corrected chi connectivity index (χ1v) is 8.48. The van der Waals surface area contributed by atoms with Gasteiger partial charge in [-0.2, -0.15) is 0 Å². The second kappa shape index (κ2) is 6.19. The Kier molecular flexibility index (Phi) is 3.88. The van der Waals surface area contributed by atoms with Crippen molar-refractivity contribution >= 4 is 18.0 Å². The maximum Gasteiger partial charge on any atom is 0.317 e. The number of likely N-dealkylation sites (tertiary alicyclic amines) is 1. The van der Waals surface area contributed by atoms with Gasteiger partial charge in [-0.05, 0) is 25.0 Å². The minimum absolute atomic E-state index is 0.0107. The molecular weight excluding hydrogens is 306 g/mol. The molecule has 1 aromatic rings. The molecule has 4 rings (SSSR count). The summed E-state index contributed by atoms with van der Waals surface area (Å²) in [6.07, 6.45) is 3.80. The number of fused-ring (bicyclic) bond motifs is 1. The van der Waals surface area contributed by atoms with E-state index in [1.54, 1.807) is 0 Å². The van der Waals surface area contributed by atoms with Crippen molar-refractivity contribution in [3.63, 3.8) is 0 Å². The van der Waals surface area contributed by atoms with Gasteiger partial charge in [0.25, 0.3) is 5.91 Å². The van der Waals surface area contributed by atoms with E-state index in [-0.39, 0.29) is 18.0 Å². The lowest BCUT2D eigenvalue weighted by Crippen LogP contribution is -2.51. The van der Waals surface area contributed by atoms with Crippen molar-refractivity contribution in [1.29, 1.82) is 0 Å². The highest BCUT2D eigenvalue weighted by Crippen LogP contribution is 2.27. The van der Waals surface area contributed by atoms with Crippen LogP contribution in [-0.4, -0.2) is 60.6 Å². The zero-order valence-electron chi connectivity index (χ0n) is 13.5. The van der Waals surface area contributed by atoms with Gasteiger partial charge in [0, 0.05) is 31.7 Å². The van der Waals surface area contributed by atoms with Crippen molar-refractivity contribution in [2.24, 2.45) is 0 Å². The third-order valence-electron chi connectivity index (χ3n) is 4.92. The van der Waals surface area contributed by atoms with E-state index in [0.717, 1.165) is 37.2 Å². The van der Waals surface area contributed by atoms with E-state index in [1.165, 1.54) is 0 Å². The molecule has 3 aliphatic rings. The lowest BCUT2D eigenvalue weighted by Gasteiger charge is -2.37. The molecule has 1 aromatic carbocycles. The fourth-order valence-electron chi connectivity index (χ4n) is 3.67. The summed E-state index contributed by atoms with van der Waals surface area (Å²) < 4.78 is 5.70. The molecule has 0 radical (unpaired) electrons. The topological polar surface area (TPSA) is 61.9 Å². The summed E-state index contributed by atoms with van der Waals surface area (Å²) in [5.74, 6) is 0.841. The quantitative estimate of drug-likeness (QED) is 0.895. The SMILES string of the molecule is O=C(C1=Cc2ccccc2OC1)N1CCCC(N2CCNC2=O)C1. The van der Waals surface area contributed by atoms with Crippen LogP contribution < -0.4 is 10.1 Å². The fourth-order valence-corrected chi connectivity index (χ4v) is 3.67. The highest BCUT2D eigenvalue weighted by molar-refractivity contribution is 5.99. The number of carbonyl (C=O) groups excluding carboxylic acids is 2. The number of amides is 3. The van der Waals surface area contributed by atoms with E-state index in [2.05, 4.69) is 5.32 Å². The number of urea groups is 1. The van der Waals surface area contributed by atoms with Gasteiger partial charge in [-0.1, -0.05) is 18.2 Å². The second-order valence-corrected chi connectivity index (χ2v) is 6.47. The van der Waals surface area contributed by atoms with Gasteiger partial charge in [0.1, 0.15) is 12.4 Å². The van der Waals surface area contributed by atoms with Crippen molar-refractivity contribution in [3.8, 4) is 5.75 Å². The Morgan fingerprint density at radius 3 is 2.96 bits per heavy atom. The Hall–Kier alpha value is -2.50. The maximum atomic E-state index is 12.9. The summed E-state index contributed by atoms with van der Waals surface area (Å²) >= 11 is 0. The molecule has 1 unspecified atom stereocenters. The lowest BCUT2D eigenvalue weighted by molar-refractivity contribution is -0.129. The van der Waals surface area contributed by atoms with E-state index in [1.807, 2.05) is 40.1 Å². The molecule has 3 aliphatic heterocycles. The van der Waals surface area contributed by atoms with Crippen molar-refractivity contribution in [2.45, 2.75) is 18.9 Å². The predicted molar refractivity (Wildman–Crippen MR) is 89.6 cm³/mol. The van der Waals surface area contributed by atoms with Crippen LogP contribution >= 0.6 is 0 Å². The van der Waals surface area contributed by atoms with Crippen molar-refractivity contribution in [2.75, 3.05) is 32.8 Å². The summed E-state index contributed by atoms with van der Waals surface area (Å²) in [5.41, 5.74) is 1.62. The largest absolute Gasteiger partial charge is 0.488 e. The van der Waals surface area contributed by atoms with Crippen LogP contribution in [0.25, 0.3) is 6.08 Å². The molecule has 0 spiro atoms. The van der Waals surface area contributed by atoms with Gasteiger partial charge in [-0.3, -0.25) is 4.79 Å². The molecule has 0 bridgehead atoms. The lowest BCUT2D eigenvalue weighted by atomic mass is 10.0. The molecular formula is C18H21N3O3. The van der Waals surface area contributed by atoms with Crippen LogP contribution in [0.4, 0.5) is 4.79 Å². The third-order valence-corrected chi connectivity index (χ3v) is 4.92. The minimum Gasteiger partial charge on any atom is -0.488 e. The summed E-state index contributed by atoms with van der Waals surface area (Å²) in [5, 5.41) is 2.84. The Morgan fingerprint density at radius 2 is 2.12 bits per heavy atom. The number of piperidine rings is 1. The van der Waals surface area contributed by atoms with Crippen LogP contribution in [0.1, 0.15) is 18.4 Å². The molecule has 3 amide bonds. The summed E-state index contributed by atoms with van der Waals surface area (Å²) in [6.45, 7) is 3.07. The molecule has 0 aliphatic carbocycles. The first-order chi connectivity index (χ1) is 11.7. The van der Waals surface area contributed by atoms with E-state index < -0.39 is 0 Å². The van der Waals surface area contributed by atoms with Gasteiger partial charge in [-0.25, -0.2) is 4.79 Å². The number of ether oxygens (including phenoxy) is 1. The van der Waals surface area contributed by atoms with Crippen LogP contribution in [0.5, 0.6) is 5.75 Å². The molecule has 0 aromatic heterocycles. The molecule has 126 valence electrons. The van der Waals surface area contributed by atoms with Crippen LogP contribution in [0.15, 0.2) is 29.8 Å². The van der Waals surface area contributed by atoms with Crippen molar-refractivity contribution < 1.29 is 14.3 Å². The highest BCUT2D eigenvalue weighted by Gasteiger charge is 2.33. The standard InChI is InChI=1S/C18H21N3O3/c22-17(14-10-13-4-1-2-6-16(13)24-12-14)20-8-3-5-15(11-20)21-9-7-19-18(21)23/h1-2,4,6,10,15H,3,5,7-9,11-12H2,(H,19,23). The average Bonchev–Trinajstić information content (AvgIpc) is 3.07. The van der Waals surface area contributed by atoms with E-state index in [4.69, 9.17) is 4.74 Å². The van der Waals surface area contributed by atoms with Gasteiger partial charge in [0.2, 0.25) is 0 Å². The Morgan fingerprint density at radius 1 is 1.25 bits per heavy atom. The summed E-state index contributed by atoms with van der Waals surface area (Å²) in [7, 11) is 0. The molecule has 6 nitrogen and oxygen atoms in total. The van der Waals surface area contributed by atoms with Gasteiger partial charge in [-0.15, -0.1) is 0 Å². The number of para-hydroxylation sites is 1. The maximum absolute atomic E-state index is 12.9. The van der Waals surface area contributed by atoms with Gasteiger partial charge < -0.3 is 19.9 Å². The number of rotatable bonds is 2. The van der Waals surface area contributed by atoms with E-state index in [9.17, 15) is 9.59 Å². The Balaban J connectivity index is 1.48. The van der Waals surface area contributed by atoms with Crippen molar-refractivity contribution in [3.05, 3.63) is 35.4 Å². The zero-order valence-corrected chi connectivity index (χ0v) is 13.5. The first-order valence-electron chi connectivity index (χ1n) is 8.48. The molecule has 0 saturated carbocycles. The average molecular weight is 327 g/mol. The summed E-state index contributed by atoms with van der Waals surface area (Å²) in [4.78, 5) is 28.5. The second-order valence-electron chi connectivity index (χ2n) is 6.47. The normalized spacial score (nSPS) is 23.2. The Labute approximate surface area is 141 Å². The predicted octanol–water partition coefficient (Wildman–Crippen LogP) is 1.48. The van der Waals surface area contributed by atoms with Crippen LogP contribution in [-0.2, 0) is 4.79 Å². The molecule has 1 N–H and O–H groups in total. The number of benzene rings is 1. The van der Waals surface area contributed by atoms with Crippen LogP contribution in [0.3, 0.4) is 0 Å². The number of hydrogen-bond donors (Lipinski definition) is 1. The smallest absolute Gasteiger partial charge is 0.317 e. The fraction of sp³-hybridized carbons (Fsp3) is 0.444. The molecule has 1 atom stereocenters. The summed E-state index contributed by atoms with van der Waals surface area (Å²) in [6, 6.07) is 7.84. The van der Waals surface area contributed by atoms with Crippen LogP contribution in [0.2, 0.25) is 0 Å². The zero-order chi connectivity index (χ0) is 16.5. The molecule has 24 heavy (non-hydrogen) atoms. The minimum atomic E-state index is -0.0107. The monoisotopic (exact) mass is 327 g/mol. The highest BCUT2D eigenvalue weighted by atomic mass is 16.5. The molecule has 2 saturated heterocycles. The molecule has 2 fully saturated rings. The van der Waals surface area contributed by atoms with E-state index >= 15 is 0 Å². The number of carbonyl (C=O) groups is 2. The third kappa shape index (κ3) is 2.72. The van der Waals surface area contributed by atoms with Gasteiger partial charge in [0.15, 0.2) is 0 Å². The van der Waals surface area contributed by atoms with Crippen LogP contribution in [0, 0.1) is 0 Å². The van der Waals surface area contributed by atoms with Crippen molar-refractivity contribution in [1.82, 2.24) is 15.1 Å². The molecule has 6 heteroatoms. The first kappa shape index (κ1) is 15.1. The molecule has 3 heterocycles. The van der Waals surface area contributed by atoms with Gasteiger partial charge in [0.05, 0.1) is 11.6 Å². The number of nitrogens with zero attached hydrogens (tertiary/aromatic N) is 2. The van der Waals surface area contributed by atoms with E-state index in [0.29, 0.717) is 25.3 Å². The Bertz CT molecular complexity index is 701. The number of hydrogen-bond acceptors (Lipinski definition) is 3. The van der Waals surface area contributed by atoms with Gasteiger partial charge >= 0.3 is 6.03 Å². The number of nitrogens with one attached hydrogen (secondary N) is 1.